The van der Waals surface area contributed by atoms with E-state index >= 15 is 0 Å². The lowest BCUT2D eigenvalue weighted by Gasteiger charge is -2.12. The number of fused-ring (bicyclic) bond motifs is 1. The van der Waals surface area contributed by atoms with Crippen molar-refractivity contribution in [2.75, 3.05) is 12.8 Å². The zero-order chi connectivity index (χ0) is 13.3. The van der Waals surface area contributed by atoms with E-state index < -0.39 is 5.91 Å². The first-order chi connectivity index (χ1) is 8.60. The summed E-state index contributed by atoms with van der Waals surface area (Å²) in [7, 11) is 1.50. The number of benzene rings is 1. The van der Waals surface area contributed by atoms with Gasteiger partial charge in [-0.05, 0) is 19.1 Å². The number of hydrogen-bond donors (Lipinski definition) is 2. The molecule has 0 saturated carbocycles. The second-order valence-electron chi connectivity index (χ2n) is 3.98. The van der Waals surface area contributed by atoms with Gasteiger partial charge in [-0.3, -0.25) is 9.59 Å². The molecule has 0 spiro atoms. The summed E-state index contributed by atoms with van der Waals surface area (Å²) in [6.07, 6.45) is 1.57. The number of carbonyl (C=O) groups is 1. The summed E-state index contributed by atoms with van der Waals surface area (Å²) in [5.41, 5.74) is 6.77. The van der Waals surface area contributed by atoms with Gasteiger partial charge in [-0.25, -0.2) is 0 Å². The van der Waals surface area contributed by atoms with Gasteiger partial charge in [0.1, 0.15) is 5.56 Å². The zero-order valence-electron chi connectivity index (χ0n) is 10.4. The Morgan fingerprint density at radius 3 is 2.78 bits per heavy atom. The van der Waals surface area contributed by atoms with E-state index in [9.17, 15) is 9.59 Å². The second-order valence-corrected chi connectivity index (χ2v) is 3.98. The molecule has 0 aliphatic carbocycles. The van der Waals surface area contributed by atoms with Crippen LogP contribution < -0.4 is 16.5 Å². The summed E-state index contributed by atoms with van der Waals surface area (Å²) in [4.78, 5) is 24.0. The summed E-state index contributed by atoms with van der Waals surface area (Å²) >= 11 is 0. The monoisotopic (exact) mass is 245 g/mol. The molecule has 1 aromatic heterocycles. The predicted octanol–water partition coefficient (Wildman–Crippen LogP) is 0.963. The number of carbonyl (C=O) groups excluding carboxylic acids is 1. The van der Waals surface area contributed by atoms with Crippen LogP contribution in [0.15, 0.2) is 29.2 Å². The second kappa shape index (κ2) is 4.52. The summed E-state index contributed by atoms with van der Waals surface area (Å²) in [6, 6.07) is 5.28. The highest BCUT2D eigenvalue weighted by Gasteiger charge is 2.15. The summed E-state index contributed by atoms with van der Waals surface area (Å²) in [5, 5.41) is 2.87. The van der Waals surface area contributed by atoms with Gasteiger partial charge in [-0.15, -0.1) is 0 Å². The van der Waals surface area contributed by atoms with E-state index in [1.807, 2.05) is 17.6 Å². The molecule has 3 N–H and O–H groups in total. The number of pyridine rings is 1. The normalized spacial score (nSPS) is 10.6. The molecule has 5 heteroatoms. The molecule has 18 heavy (non-hydrogen) atoms. The average molecular weight is 245 g/mol. The first kappa shape index (κ1) is 12.2. The van der Waals surface area contributed by atoms with E-state index in [1.54, 1.807) is 18.3 Å². The fourth-order valence-corrected chi connectivity index (χ4v) is 2.02. The van der Waals surface area contributed by atoms with Gasteiger partial charge in [0, 0.05) is 25.5 Å². The number of hydrogen-bond acceptors (Lipinski definition) is 3. The first-order valence-electron chi connectivity index (χ1n) is 5.73. The minimum Gasteiger partial charge on any atom is -0.398 e. The number of nitrogen functional groups attached to an aromatic ring is 1. The smallest absolute Gasteiger partial charge is 0.256 e. The van der Waals surface area contributed by atoms with Crippen molar-refractivity contribution in [1.29, 1.82) is 0 Å². The third-order valence-corrected chi connectivity index (χ3v) is 2.95. The summed E-state index contributed by atoms with van der Waals surface area (Å²) < 4.78 is 1.84. The Hall–Kier alpha value is -2.30. The van der Waals surface area contributed by atoms with Gasteiger partial charge >= 0.3 is 0 Å². The van der Waals surface area contributed by atoms with Crippen LogP contribution >= 0.6 is 0 Å². The Labute approximate surface area is 104 Å². The fraction of sp³-hybridized carbons (Fsp3) is 0.231. The van der Waals surface area contributed by atoms with E-state index in [0.717, 1.165) is 5.52 Å². The van der Waals surface area contributed by atoms with Crippen LogP contribution in [0.3, 0.4) is 0 Å². The minimum atomic E-state index is -0.396. The van der Waals surface area contributed by atoms with Crippen molar-refractivity contribution >= 4 is 22.5 Å². The molecule has 0 unspecified atom stereocenters. The van der Waals surface area contributed by atoms with Gasteiger partial charge in [-0.1, -0.05) is 6.07 Å². The van der Waals surface area contributed by atoms with Gasteiger partial charge < -0.3 is 15.6 Å². The Morgan fingerprint density at radius 1 is 1.44 bits per heavy atom. The largest absolute Gasteiger partial charge is 0.398 e. The van der Waals surface area contributed by atoms with Crippen LogP contribution in [0.1, 0.15) is 17.3 Å². The lowest BCUT2D eigenvalue weighted by atomic mass is 10.1. The van der Waals surface area contributed by atoms with Crippen molar-refractivity contribution in [2.45, 2.75) is 13.5 Å². The number of aryl methyl sites for hydroxylation is 1. The van der Waals surface area contributed by atoms with Gasteiger partial charge in [0.15, 0.2) is 0 Å². The van der Waals surface area contributed by atoms with Crippen molar-refractivity contribution in [3.8, 4) is 0 Å². The van der Waals surface area contributed by atoms with E-state index in [1.165, 1.54) is 7.05 Å². The molecule has 1 aromatic carbocycles. The molecular formula is C13H15N3O2. The Bertz CT molecular complexity index is 674. The van der Waals surface area contributed by atoms with Crippen molar-refractivity contribution in [3.05, 3.63) is 40.2 Å². The number of nitrogens with zero attached hydrogens (tertiary/aromatic N) is 1. The maximum absolute atomic E-state index is 12.3. The third-order valence-electron chi connectivity index (χ3n) is 2.95. The average Bonchev–Trinajstić information content (AvgIpc) is 2.38. The summed E-state index contributed by atoms with van der Waals surface area (Å²) in [5.74, 6) is -0.396. The number of nitrogens with two attached hydrogens (primary N) is 1. The molecule has 94 valence electrons. The molecule has 1 amide bonds. The molecule has 2 rings (SSSR count). The van der Waals surface area contributed by atoms with E-state index in [-0.39, 0.29) is 11.0 Å². The Morgan fingerprint density at radius 2 is 2.17 bits per heavy atom. The first-order valence-corrected chi connectivity index (χ1v) is 5.73. The van der Waals surface area contributed by atoms with E-state index in [0.29, 0.717) is 17.6 Å². The zero-order valence-corrected chi connectivity index (χ0v) is 10.4. The maximum Gasteiger partial charge on any atom is 0.256 e. The highest BCUT2D eigenvalue weighted by atomic mass is 16.2. The highest BCUT2D eigenvalue weighted by molar-refractivity contribution is 5.99. The van der Waals surface area contributed by atoms with Crippen molar-refractivity contribution in [2.24, 2.45) is 0 Å². The topological polar surface area (TPSA) is 77.1 Å². The SMILES string of the molecule is CCn1cc(C(=O)NC)c(=O)c2c(N)cccc21. The molecule has 1 heterocycles. The van der Waals surface area contributed by atoms with Crippen LogP contribution in [0, 0.1) is 0 Å². The standard InChI is InChI=1S/C13H15N3O2/c1-3-16-7-8(13(18)15-2)12(17)11-9(14)5-4-6-10(11)16/h4-7H,3,14H2,1-2H3,(H,15,18). The third kappa shape index (κ3) is 1.73. The number of anilines is 1. The highest BCUT2D eigenvalue weighted by Crippen LogP contribution is 2.18. The maximum atomic E-state index is 12.3. The lowest BCUT2D eigenvalue weighted by Crippen LogP contribution is -2.27. The van der Waals surface area contributed by atoms with Crippen LogP contribution in [-0.2, 0) is 6.54 Å². The molecule has 0 fully saturated rings. The molecule has 0 aliphatic heterocycles. The molecule has 0 bridgehead atoms. The van der Waals surface area contributed by atoms with Crippen molar-refractivity contribution in [3.63, 3.8) is 0 Å². The van der Waals surface area contributed by atoms with Crippen LogP contribution in [0.5, 0.6) is 0 Å². The lowest BCUT2D eigenvalue weighted by molar-refractivity contribution is 0.0961. The van der Waals surface area contributed by atoms with Gasteiger partial charge in [0.05, 0.1) is 10.9 Å². The molecule has 0 radical (unpaired) electrons. The minimum absolute atomic E-state index is 0.116. The van der Waals surface area contributed by atoms with Crippen molar-refractivity contribution in [1.82, 2.24) is 9.88 Å². The van der Waals surface area contributed by atoms with Crippen LogP contribution in [0.25, 0.3) is 10.9 Å². The van der Waals surface area contributed by atoms with Crippen LogP contribution in [-0.4, -0.2) is 17.5 Å². The Balaban J connectivity index is 2.93. The Kier molecular flexibility index (Phi) is 3.06. The van der Waals surface area contributed by atoms with E-state index in [2.05, 4.69) is 5.32 Å². The predicted molar refractivity (Wildman–Crippen MR) is 71.7 cm³/mol. The van der Waals surface area contributed by atoms with Crippen molar-refractivity contribution < 1.29 is 4.79 Å². The fourth-order valence-electron chi connectivity index (χ4n) is 2.02. The molecule has 0 aliphatic rings. The van der Waals surface area contributed by atoms with Crippen LogP contribution in [0.4, 0.5) is 5.69 Å². The summed E-state index contributed by atoms with van der Waals surface area (Å²) in [6.45, 7) is 2.60. The molecule has 0 saturated heterocycles. The van der Waals surface area contributed by atoms with Gasteiger partial charge in [-0.2, -0.15) is 0 Å². The van der Waals surface area contributed by atoms with Gasteiger partial charge in [0.25, 0.3) is 5.91 Å². The van der Waals surface area contributed by atoms with E-state index in [4.69, 9.17) is 5.73 Å². The number of nitrogens with one attached hydrogen (secondary N) is 1. The van der Waals surface area contributed by atoms with Gasteiger partial charge in [0.2, 0.25) is 5.43 Å². The van der Waals surface area contributed by atoms with Crippen LogP contribution in [0.2, 0.25) is 0 Å². The molecule has 5 nitrogen and oxygen atoms in total. The molecular weight excluding hydrogens is 230 g/mol. The molecule has 0 atom stereocenters. The quantitative estimate of drug-likeness (QED) is 0.774. The molecule has 2 aromatic rings. The number of rotatable bonds is 2. The number of amides is 1. The number of aromatic nitrogens is 1.